The van der Waals surface area contributed by atoms with Gasteiger partial charge < -0.3 is 20.0 Å². The zero-order valence-corrected chi connectivity index (χ0v) is 18.1. The lowest BCUT2D eigenvalue weighted by molar-refractivity contribution is 0.0380. The van der Waals surface area contributed by atoms with Crippen molar-refractivity contribution in [2.24, 2.45) is 11.3 Å². The van der Waals surface area contributed by atoms with E-state index < -0.39 is 17.5 Å². The van der Waals surface area contributed by atoms with Crippen molar-refractivity contribution in [2.45, 2.75) is 32.6 Å². The first-order chi connectivity index (χ1) is 15.9. The number of aromatic nitrogens is 3. The van der Waals surface area contributed by atoms with E-state index in [0.717, 1.165) is 37.0 Å². The number of hydrogen-bond acceptors (Lipinski definition) is 7. The Morgan fingerprint density at radius 2 is 1.85 bits per heavy atom. The van der Waals surface area contributed by atoms with E-state index in [2.05, 4.69) is 37.6 Å². The van der Waals surface area contributed by atoms with Crippen LogP contribution in [-0.2, 0) is 0 Å². The molecule has 172 valence electrons. The minimum absolute atomic E-state index is 0.122. The zero-order valence-electron chi connectivity index (χ0n) is 18.1. The van der Waals surface area contributed by atoms with E-state index in [0.29, 0.717) is 11.1 Å². The molecule has 3 aromatic rings. The van der Waals surface area contributed by atoms with E-state index in [4.69, 9.17) is 4.42 Å². The monoisotopic (exact) mass is 454 g/mol. The zero-order chi connectivity index (χ0) is 23.0. The number of hydrogen-bond donors (Lipinski definition) is 2. The number of piperidine rings is 1. The molecule has 2 N–H and O–H groups in total. The van der Waals surface area contributed by atoms with Gasteiger partial charge in [0.25, 0.3) is 0 Å². The summed E-state index contributed by atoms with van der Waals surface area (Å²) < 4.78 is 31.6. The van der Waals surface area contributed by atoms with Gasteiger partial charge in [0.1, 0.15) is 5.82 Å². The third-order valence-electron chi connectivity index (χ3n) is 6.51. The molecule has 1 spiro atoms. The first-order valence-corrected chi connectivity index (χ1v) is 11.0. The molecule has 2 aromatic heterocycles. The highest BCUT2D eigenvalue weighted by Crippen LogP contribution is 2.52. The number of nitrogens with one attached hydrogen (secondary N) is 2. The highest BCUT2D eigenvalue weighted by atomic mass is 19.2. The molecular weight excluding hydrogens is 430 g/mol. The molecule has 1 saturated carbocycles. The Hall–Kier alpha value is -3.56. The van der Waals surface area contributed by atoms with Gasteiger partial charge in [-0.3, -0.25) is 4.79 Å². The highest BCUT2D eigenvalue weighted by Gasteiger charge is 2.43. The van der Waals surface area contributed by atoms with Crippen molar-refractivity contribution < 1.29 is 18.0 Å². The van der Waals surface area contributed by atoms with Crippen molar-refractivity contribution in [3.8, 4) is 0 Å². The minimum atomic E-state index is -1.02. The van der Waals surface area contributed by atoms with Gasteiger partial charge in [0.15, 0.2) is 11.6 Å². The Labute approximate surface area is 189 Å². The van der Waals surface area contributed by atoms with E-state index in [9.17, 15) is 13.6 Å². The van der Waals surface area contributed by atoms with E-state index in [1.165, 1.54) is 31.7 Å². The van der Waals surface area contributed by atoms with E-state index >= 15 is 0 Å². The maximum absolute atomic E-state index is 13.3. The SMILES string of the molecule is CC1CC2(CCN(c3ccc(NC(=O)c4nnc(Nc5ccc(F)c(F)c5)o4)cn3)CC2)C1. The van der Waals surface area contributed by atoms with Crippen LogP contribution >= 0.6 is 0 Å². The van der Waals surface area contributed by atoms with Crippen LogP contribution in [0.5, 0.6) is 0 Å². The molecule has 2 fully saturated rings. The van der Waals surface area contributed by atoms with Crippen molar-refractivity contribution >= 4 is 29.1 Å². The first kappa shape index (κ1) is 21.3. The molecule has 1 amide bonds. The number of rotatable bonds is 5. The van der Waals surface area contributed by atoms with Crippen LogP contribution in [0.3, 0.4) is 0 Å². The minimum Gasteiger partial charge on any atom is -0.399 e. The van der Waals surface area contributed by atoms with Gasteiger partial charge in [-0.1, -0.05) is 12.0 Å². The molecule has 2 aliphatic rings. The van der Waals surface area contributed by atoms with Gasteiger partial charge in [-0.05, 0) is 61.3 Å². The average molecular weight is 454 g/mol. The van der Waals surface area contributed by atoms with Gasteiger partial charge in [0, 0.05) is 24.8 Å². The molecule has 1 aliphatic heterocycles. The summed E-state index contributed by atoms with van der Waals surface area (Å²) in [5.74, 6) is -1.12. The van der Waals surface area contributed by atoms with Crippen LogP contribution in [-0.4, -0.2) is 34.2 Å². The average Bonchev–Trinajstić information content (AvgIpc) is 3.25. The van der Waals surface area contributed by atoms with Crippen molar-refractivity contribution in [1.82, 2.24) is 15.2 Å². The maximum Gasteiger partial charge on any atom is 0.320 e. The van der Waals surface area contributed by atoms with Crippen LogP contribution in [0, 0.1) is 23.0 Å². The van der Waals surface area contributed by atoms with E-state index in [-0.39, 0.29) is 17.6 Å². The molecule has 0 bridgehead atoms. The number of amides is 1. The number of anilines is 4. The number of halogens is 2. The second-order valence-electron chi connectivity index (χ2n) is 9.03. The molecular formula is C23H24F2N6O2. The molecule has 0 atom stereocenters. The van der Waals surface area contributed by atoms with Gasteiger partial charge >= 0.3 is 17.8 Å². The van der Waals surface area contributed by atoms with Crippen molar-refractivity contribution in [3.63, 3.8) is 0 Å². The van der Waals surface area contributed by atoms with Crippen LogP contribution in [0.2, 0.25) is 0 Å². The summed E-state index contributed by atoms with van der Waals surface area (Å²) in [6.45, 7) is 4.33. The molecule has 10 heteroatoms. The predicted molar refractivity (Wildman–Crippen MR) is 118 cm³/mol. The molecule has 8 nitrogen and oxygen atoms in total. The summed E-state index contributed by atoms with van der Waals surface area (Å²) in [4.78, 5) is 19.2. The third kappa shape index (κ3) is 4.50. The van der Waals surface area contributed by atoms with Crippen LogP contribution in [0.1, 0.15) is 43.3 Å². The molecule has 5 rings (SSSR count). The summed E-state index contributed by atoms with van der Waals surface area (Å²) in [5, 5.41) is 12.7. The Morgan fingerprint density at radius 3 is 2.52 bits per heavy atom. The van der Waals surface area contributed by atoms with Crippen molar-refractivity contribution in [3.05, 3.63) is 54.1 Å². The fourth-order valence-corrected chi connectivity index (χ4v) is 4.93. The number of carbonyl (C=O) groups is 1. The number of pyridine rings is 1. The quantitative estimate of drug-likeness (QED) is 0.574. The van der Waals surface area contributed by atoms with Crippen LogP contribution in [0.15, 0.2) is 40.9 Å². The van der Waals surface area contributed by atoms with Gasteiger partial charge in [-0.25, -0.2) is 13.8 Å². The third-order valence-corrected chi connectivity index (χ3v) is 6.51. The molecule has 0 radical (unpaired) electrons. The normalized spacial score (nSPS) is 17.6. The predicted octanol–water partition coefficient (Wildman–Crippen LogP) is 4.76. The van der Waals surface area contributed by atoms with E-state index in [1.54, 1.807) is 12.3 Å². The highest BCUT2D eigenvalue weighted by molar-refractivity contribution is 6.00. The van der Waals surface area contributed by atoms with E-state index in [1.807, 2.05) is 6.07 Å². The van der Waals surface area contributed by atoms with Gasteiger partial charge in [0.05, 0.1) is 11.9 Å². The van der Waals surface area contributed by atoms with Gasteiger partial charge in [0.2, 0.25) is 0 Å². The molecule has 33 heavy (non-hydrogen) atoms. The Kier molecular flexibility index (Phi) is 5.43. The number of benzene rings is 1. The lowest BCUT2D eigenvalue weighted by atomic mass is 9.58. The lowest BCUT2D eigenvalue weighted by Crippen LogP contribution is -2.46. The Balaban J connectivity index is 1.16. The fourth-order valence-electron chi connectivity index (χ4n) is 4.93. The second-order valence-corrected chi connectivity index (χ2v) is 9.03. The number of carbonyl (C=O) groups excluding carboxylic acids is 1. The van der Waals surface area contributed by atoms with Gasteiger partial charge in [-0.2, -0.15) is 0 Å². The molecule has 1 aliphatic carbocycles. The maximum atomic E-state index is 13.3. The summed E-state index contributed by atoms with van der Waals surface area (Å²) in [6, 6.07) is 6.77. The number of nitrogens with zero attached hydrogens (tertiary/aromatic N) is 4. The Morgan fingerprint density at radius 1 is 1.09 bits per heavy atom. The summed E-state index contributed by atoms with van der Waals surface area (Å²) in [7, 11) is 0. The van der Waals surface area contributed by atoms with Crippen molar-refractivity contribution in [2.75, 3.05) is 28.6 Å². The standard InChI is InChI=1S/C23H24F2N6O2/c1-14-11-23(12-14)6-8-31(9-7-23)19-5-3-16(13-26-19)27-20(32)21-29-30-22(33-21)28-15-2-4-17(24)18(25)10-15/h2-5,10,13-14H,6-9,11-12H2,1H3,(H,27,32)(H,28,30). The van der Waals surface area contributed by atoms with Gasteiger partial charge in [-0.15, -0.1) is 5.10 Å². The second kappa shape index (κ2) is 8.42. The summed E-state index contributed by atoms with van der Waals surface area (Å²) in [6.07, 6.45) is 6.69. The van der Waals surface area contributed by atoms with Crippen LogP contribution in [0.25, 0.3) is 0 Å². The van der Waals surface area contributed by atoms with Crippen LogP contribution in [0.4, 0.5) is 32.0 Å². The Bertz CT molecular complexity index is 1150. The molecule has 0 unspecified atom stereocenters. The fraction of sp³-hybridized carbons (Fsp3) is 0.391. The summed E-state index contributed by atoms with van der Waals surface area (Å²) in [5.41, 5.74) is 1.25. The van der Waals surface area contributed by atoms with Crippen molar-refractivity contribution in [1.29, 1.82) is 0 Å². The smallest absolute Gasteiger partial charge is 0.320 e. The van der Waals surface area contributed by atoms with Crippen LogP contribution < -0.4 is 15.5 Å². The lowest BCUT2D eigenvalue weighted by Gasteiger charge is -2.51. The first-order valence-electron chi connectivity index (χ1n) is 11.0. The molecule has 1 aromatic carbocycles. The summed E-state index contributed by atoms with van der Waals surface area (Å²) >= 11 is 0. The molecule has 3 heterocycles. The molecule has 1 saturated heterocycles. The topological polar surface area (TPSA) is 96.2 Å². The largest absolute Gasteiger partial charge is 0.399 e.